The predicted molar refractivity (Wildman–Crippen MR) is 105 cm³/mol. The summed E-state index contributed by atoms with van der Waals surface area (Å²) in [5.74, 6) is -0.652. The van der Waals surface area contributed by atoms with Gasteiger partial charge < -0.3 is 9.52 Å². The van der Waals surface area contributed by atoms with Crippen LogP contribution in [0.15, 0.2) is 68.6 Å². The van der Waals surface area contributed by atoms with Crippen LogP contribution < -0.4 is 5.43 Å². The molecule has 0 spiro atoms. The summed E-state index contributed by atoms with van der Waals surface area (Å²) in [5, 5.41) is 13.3. The van der Waals surface area contributed by atoms with Gasteiger partial charge in [-0.05, 0) is 54.6 Å². The molecular formula is C19H12BrClN2O4. The molecule has 1 heterocycles. The maximum absolute atomic E-state index is 12.0. The van der Waals surface area contributed by atoms with Gasteiger partial charge in [-0.3, -0.25) is 4.79 Å². The number of nitrogens with zero attached hydrogens (tertiary/aromatic N) is 1. The third kappa shape index (κ3) is 4.64. The number of nitrogens with one attached hydrogen (secondary N) is 1. The van der Waals surface area contributed by atoms with Gasteiger partial charge in [0, 0.05) is 15.6 Å². The SMILES string of the molecule is O=C(O)c1ccc(Cl)c(-c2ccc(/C=N/NC(=O)c3ccc(Br)cc3)o2)c1. The van der Waals surface area contributed by atoms with Crippen molar-refractivity contribution in [1.29, 1.82) is 0 Å². The lowest BCUT2D eigenvalue weighted by molar-refractivity contribution is 0.0696. The Morgan fingerprint density at radius 2 is 1.78 bits per heavy atom. The van der Waals surface area contributed by atoms with E-state index in [1.165, 1.54) is 24.4 Å². The zero-order valence-corrected chi connectivity index (χ0v) is 16.0. The molecule has 3 aromatic rings. The van der Waals surface area contributed by atoms with Gasteiger partial charge in [-0.15, -0.1) is 0 Å². The molecule has 8 heteroatoms. The van der Waals surface area contributed by atoms with Gasteiger partial charge in [-0.25, -0.2) is 10.2 Å². The van der Waals surface area contributed by atoms with Crippen LogP contribution in [-0.2, 0) is 0 Å². The fourth-order valence-electron chi connectivity index (χ4n) is 2.23. The van der Waals surface area contributed by atoms with E-state index in [0.717, 1.165) is 4.47 Å². The summed E-state index contributed by atoms with van der Waals surface area (Å²) in [6.45, 7) is 0. The zero-order valence-electron chi connectivity index (χ0n) is 13.6. The first kappa shape index (κ1) is 18.9. The van der Waals surface area contributed by atoms with Crippen LogP contribution in [0.1, 0.15) is 26.5 Å². The Bertz CT molecular complexity index is 1030. The second-order valence-electron chi connectivity index (χ2n) is 5.41. The molecule has 1 aromatic heterocycles. The van der Waals surface area contributed by atoms with Crippen LogP contribution in [0.5, 0.6) is 0 Å². The highest BCUT2D eigenvalue weighted by Crippen LogP contribution is 2.30. The van der Waals surface area contributed by atoms with Gasteiger partial charge in [-0.2, -0.15) is 5.10 Å². The normalized spacial score (nSPS) is 10.9. The third-order valence-corrected chi connectivity index (χ3v) is 4.43. The van der Waals surface area contributed by atoms with Crippen LogP contribution in [0.25, 0.3) is 11.3 Å². The van der Waals surface area contributed by atoms with Crippen molar-refractivity contribution in [3.63, 3.8) is 0 Å². The Kier molecular flexibility index (Phi) is 5.73. The second-order valence-corrected chi connectivity index (χ2v) is 6.73. The van der Waals surface area contributed by atoms with Gasteiger partial charge in [0.15, 0.2) is 0 Å². The highest BCUT2D eigenvalue weighted by atomic mass is 79.9. The fraction of sp³-hybridized carbons (Fsp3) is 0. The Morgan fingerprint density at radius 3 is 2.48 bits per heavy atom. The largest absolute Gasteiger partial charge is 0.478 e. The fourth-order valence-corrected chi connectivity index (χ4v) is 2.71. The summed E-state index contributed by atoms with van der Waals surface area (Å²) in [6.07, 6.45) is 1.34. The van der Waals surface area contributed by atoms with Gasteiger partial charge in [0.2, 0.25) is 0 Å². The molecule has 0 radical (unpaired) electrons. The highest BCUT2D eigenvalue weighted by Gasteiger charge is 2.12. The summed E-state index contributed by atoms with van der Waals surface area (Å²) >= 11 is 9.42. The maximum Gasteiger partial charge on any atom is 0.335 e. The van der Waals surface area contributed by atoms with E-state index in [1.54, 1.807) is 36.4 Å². The molecule has 3 rings (SSSR count). The molecule has 0 fully saturated rings. The van der Waals surface area contributed by atoms with Crippen molar-refractivity contribution in [2.24, 2.45) is 5.10 Å². The lowest BCUT2D eigenvalue weighted by Crippen LogP contribution is -2.17. The quantitative estimate of drug-likeness (QED) is 0.433. The van der Waals surface area contributed by atoms with Crippen molar-refractivity contribution < 1.29 is 19.1 Å². The van der Waals surface area contributed by atoms with Crippen molar-refractivity contribution in [1.82, 2.24) is 5.43 Å². The summed E-state index contributed by atoms with van der Waals surface area (Å²) in [6, 6.07) is 14.5. The van der Waals surface area contributed by atoms with Crippen LogP contribution in [0.2, 0.25) is 5.02 Å². The predicted octanol–water partition coefficient (Wildman–Crippen LogP) is 4.82. The first-order chi connectivity index (χ1) is 12.9. The Labute approximate surface area is 167 Å². The number of halogens is 2. The number of hydrazone groups is 1. The van der Waals surface area contributed by atoms with Crippen LogP contribution in [0.4, 0.5) is 0 Å². The minimum atomic E-state index is -1.06. The standard InChI is InChI=1S/C19H12BrClN2O4/c20-13-4-1-11(2-5-13)18(24)23-22-10-14-6-8-17(27-14)15-9-12(19(25)26)3-7-16(15)21/h1-10H,(H,23,24)(H,25,26)/b22-10+. The molecule has 0 atom stereocenters. The Morgan fingerprint density at radius 1 is 1.07 bits per heavy atom. The number of hydrogen-bond acceptors (Lipinski definition) is 4. The maximum atomic E-state index is 12.0. The van der Waals surface area contributed by atoms with Gasteiger partial charge in [-0.1, -0.05) is 27.5 Å². The van der Waals surface area contributed by atoms with E-state index in [-0.39, 0.29) is 11.5 Å². The number of carbonyl (C=O) groups excluding carboxylic acids is 1. The van der Waals surface area contributed by atoms with Crippen molar-refractivity contribution in [2.45, 2.75) is 0 Å². The van der Waals surface area contributed by atoms with E-state index in [0.29, 0.717) is 27.7 Å². The summed E-state index contributed by atoms with van der Waals surface area (Å²) < 4.78 is 6.48. The van der Waals surface area contributed by atoms with Crippen molar-refractivity contribution in [3.05, 3.63) is 81.0 Å². The molecule has 0 aliphatic heterocycles. The van der Waals surface area contributed by atoms with Gasteiger partial charge in [0.05, 0.1) is 16.8 Å². The summed E-state index contributed by atoms with van der Waals surface area (Å²) in [5.41, 5.74) is 3.42. The lowest BCUT2D eigenvalue weighted by atomic mass is 10.1. The van der Waals surface area contributed by atoms with E-state index in [4.69, 9.17) is 21.1 Å². The lowest BCUT2D eigenvalue weighted by Gasteiger charge is -2.02. The van der Waals surface area contributed by atoms with Crippen LogP contribution >= 0.6 is 27.5 Å². The van der Waals surface area contributed by atoms with Crippen LogP contribution in [-0.4, -0.2) is 23.2 Å². The molecule has 27 heavy (non-hydrogen) atoms. The molecule has 6 nitrogen and oxygen atoms in total. The summed E-state index contributed by atoms with van der Waals surface area (Å²) in [7, 11) is 0. The van der Waals surface area contributed by atoms with E-state index < -0.39 is 5.97 Å². The van der Waals surface area contributed by atoms with Gasteiger partial charge in [0.1, 0.15) is 11.5 Å². The number of aromatic carboxylic acids is 1. The number of carboxylic acids is 1. The van der Waals surface area contributed by atoms with E-state index >= 15 is 0 Å². The number of hydrogen-bond donors (Lipinski definition) is 2. The van der Waals surface area contributed by atoms with Crippen molar-refractivity contribution in [3.8, 4) is 11.3 Å². The molecule has 0 bridgehead atoms. The Hall–Kier alpha value is -2.90. The number of benzene rings is 2. The smallest absolute Gasteiger partial charge is 0.335 e. The molecule has 0 saturated carbocycles. The van der Waals surface area contributed by atoms with Crippen molar-refractivity contribution in [2.75, 3.05) is 0 Å². The number of rotatable bonds is 5. The molecule has 0 saturated heterocycles. The molecule has 2 aromatic carbocycles. The van der Waals surface area contributed by atoms with Crippen LogP contribution in [0, 0.1) is 0 Å². The number of furan rings is 1. The first-order valence-corrected chi connectivity index (χ1v) is 8.83. The minimum absolute atomic E-state index is 0.0998. The number of carbonyl (C=O) groups is 2. The molecular weight excluding hydrogens is 436 g/mol. The highest BCUT2D eigenvalue weighted by molar-refractivity contribution is 9.10. The molecule has 136 valence electrons. The topological polar surface area (TPSA) is 91.9 Å². The monoisotopic (exact) mass is 446 g/mol. The van der Waals surface area contributed by atoms with Crippen LogP contribution in [0.3, 0.4) is 0 Å². The van der Waals surface area contributed by atoms with Crippen molar-refractivity contribution >= 4 is 45.6 Å². The molecule has 0 aliphatic carbocycles. The zero-order chi connectivity index (χ0) is 19.4. The number of amides is 1. The average Bonchev–Trinajstić information content (AvgIpc) is 3.11. The molecule has 1 amide bonds. The average molecular weight is 448 g/mol. The summed E-state index contributed by atoms with van der Waals surface area (Å²) in [4.78, 5) is 23.1. The molecule has 0 aliphatic rings. The second kappa shape index (κ2) is 8.20. The van der Waals surface area contributed by atoms with Gasteiger partial charge >= 0.3 is 5.97 Å². The molecule has 0 unspecified atom stereocenters. The first-order valence-electron chi connectivity index (χ1n) is 7.66. The number of carboxylic acid groups (broad SMARTS) is 1. The Balaban J connectivity index is 1.72. The minimum Gasteiger partial charge on any atom is -0.478 e. The third-order valence-electron chi connectivity index (χ3n) is 3.57. The van der Waals surface area contributed by atoms with E-state index in [9.17, 15) is 9.59 Å². The molecule has 2 N–H and O–H groups in total. The van der Waals surface area contributed by atoms with Gasteiger partial charge in [0.25, 0.3) is 5.91 Å². The van der Waals surface area contributed by atoms with E-state index in [1.807, 2.05) is 0 Å². The van der Waals surface area contributed by atoms with E-state index in [2.05, 4.69) is 26.5 Å².